The van der Waals surface area contributed by atoms with E-state index < -0.39 is 17.3 Å². The van der Waals surface area contributed by atoms with Crippen molar-refractivity contribution in [2.45, 2.75) is 44.7 Å². The summed E-state index contributed by atoms with van der Waals surface area (Å²) in [5.74, 6) is -0.440. The molecule has 1 aromatic rings. The molecule has 0 aromatic carbocycles. The Morgan fingerprint density at radius 3 is 2.35 bits per heavy atom. The maximum absolute atomic E-state index is 13.1. The van der Waals surface area contributed by atoms with Gasteiger partial charge in [0.15, 0.2) is 0 Å². The Bertz CT molecular complexity index is 457. The minimum absolute atomic E-state index is 0.00639. The molecule has 0 amide bonds. The predicted octanol–water partition coefficient (Wildman–Crippen LogP) is 3.39. The van der Waals surface area contributed by atoms with Crippen LogP contribution in [0.15, 0.2) is 10.9 Å². The molecule has 1 heterocycles. The second kappa shape index (κ2) is 3.89. The summed E-state index contributed by atoms with van der Waals surface area (Å²) in [5.41, 5.74) is -0.893. The van der Waals surface area contributed by atoms with E-state index in [9.17, 15) is 18.0 Å². The topological polar surface area (TPSA) is 32.9 Å². The van der Waals surface area contributed by atoms with Gasteiger partial charge >= 0.3 is 6.18 Å². The lowest BCUT2D eigenvalue weighted by molar-refractivity contribution is -0.139. The van der Waals surface area contributed by atoms with Crippen LogP contribution in [-0.2, 0) is 6.18 Å². The normalized spacial score (nSPS) is 16.6. The number of H-pyrrole nitrogens is 1. The highest BCUT2D eigenvalue weighted by molar-refractivity contribution is 5.39. The van der Waals surface area contributed by atoms with Crippen LogP contribution in [0, 0.1) is 0 Å². The highest BCUT2D eigenvalue weighted by Crippen LogP contribution is 2.46. The van der Waals surface area contributed by atoms with E-state index in [2.05, 4.69) is 4.98 Å². The Labute approximate surface area is 96.9 Å². The Morgan fingerprint density at radius 1 is 1.35 bits per heavy atom. The van der Waals surface area contributed by atoms with Crippen molar-refractivity contribution in [3.8, 4) is 0 Å². The standard InChI is InChI=1S/C12H14F3NO/c1-6(2)11-10(12(13,14)15)8(7-3-4-7)5-9(17)16-11/h5-7H,3-4H2,1-2H3,(H,16,17). The largest absolute Gasteiger partial charge is 0.418 e. The summed E-state index contributed by atoms with van der Waals surface area (Å²) in [6, 6.07) is 1.10. The van der Waals surface area contributed by atoms with Crippen LogP contribution in [0.1, 0.15) is 55.3 Å². The van der Waals surface area contributed by atoms with E-state index in [1.54, 1.807) is 13.8 Å². The number of rotatable bonds is 2. The maximum Gasteiger partial charge on any atom is 0.418 e. The fraction of sp³-hybridized carbons (Fsp3) is 0.583. The number of pyridine rings is 1. The molecule has 0 bridgehead atoms. The quantitative estimate of drug-likeness (QED) is 0.851. The molecule has 0 atom stereocenters. The summed E-state index contributed by atoms with van der Waals surface area (Å²) in [7, 11) is 0. The first-order valence-electron chi connectivity index (χ1n) is 5.65. The van der Waals surface area contributed by atoms with Crippen LogP contribution in [0.25, 0.3) is 0 Å². The summed E-state index contributed by atoms with van der Waals surface area (Å²) in [6.07, 6.45) is -2.92. The fourth-order valence-electron chi connectivity index (χ4n) is 2.07. The molecule has 1 aliphatic rings. The zero-order valence-corrected chi connectivity index (χ0v) is 9.69. The Balaban J connectivity index is 2.69. The van der Waals surface area contributed by atoms with E-state index >= 15 is 0 Å². The molecule has 2 rings (SSSR count). The third-order valence-electron chi connectivity index (χ3n) is 2.98. The molecule has 5 heteroatoms. The Hall–Kier alpha value is -1.26. The Kier molecular flexibility index (Phi) is 2.79. The molecule has 0 radical (unpaired) electrons. The van der Waals surface area contributed by atoms with Gasteiger partial charge in [0, 0.05) is 11.8 Å². The summed E-state index contributed by atoms with van der Waals surface area (Å²) in [4.78, 5) is 13.7. The number of hydrogen-bond donors (Lipinski definition) is 1. The highest BCUT2D eigenvalue weighted by atomic mass is 19.4. The maximum atomic E-state index is 13.1. The van der Waals surface area contributed by atoms with Crippen LogP contribution in [0.5, 0.6) is 0 Å². The van der Waals surface area contributed by atoms with Crippen molar-refractivity contribution < 1.29 is 13.2 Å². The van der Waals surface area contributed by atoms with Crippen LogP contribution in [0.3, 0.4) is 0 Å². The van der Waals surface area contributed by atoms with Crippen molar-refractivity contribution in [3.63, 3.8) is 0 Å². The van der Waals surface area contributed by atoms with E-state index in [-0.39, 0.29) is 23.1 Å². The van der Waals surface area contributed by atoms with E-state index in [0.29, 0.717) is 0 Å². The molecule has 1 saturated carbocycles. The van der Waals surface area contributed by atoms with Gasteiger partial charge in [-0.2, -0.15) is 13.2 Å². The number of aromatic amines is 1. The first-order chi connectivity index (χ1) is 7.80. The molecule has 2 nitrogen and oxygen atoms in total. The number of alkyl halides is 3. The van der Waals surface area contributed by atoms with Crippen LogP contribution in [0.4, 0.5) is 13.2 Å². The van der Waals surface area contributed by atoms with E-state index in [0.717, 1.165) is 18.9 Å². The first-order valence-corrected chi connectivity index (χ1v) is 5.65. The molecule has 17 heavy (non-hydrogen) atoms. The fourth-order valence-corrected chi connectivity index (χ4v) is 2.07. The van der Waals surface area contributed by atoms with Gasteiger partial charge in [-0.25, -0.2) is 0 Å². The second-order valence-corrected chi connectivity index (χ2v) is 4.80. The molecule has 0 saturated heterocycles. The van der Waals surface area contributed by atoms with Gasteiger partial charge in [-0.05, 0) is 30.2 Å². The minimum Gasteiger partial charge on any atom is -0.325 e. The van der Waals surface area contributed by atoms with Gasteiger partial charge in [0.2, 0.25) is 5.56 Å². The zero-order valence-electron chi connectivity index (χ0n) is 9.69. The number of aromatic nitrogens is 1. The van der Waals surface area contributed by atoms with Crippen LogP contribution in [0.2, 0.25) is 0 Å². The summed E-state index contributed by atoms with van der Waals surface area (Å²) >= 11 is 0. The molecule has 0 unspecified atom stereocenters. The molecule has 0 aliphatic heterocycles. The van der Waals surface area contributed by atoms with Gasteiger partial charge in [0.25, 0.3) is 0 Å². The van der Waals surface area contributed by atoms with Gasteiger partial charge in [0.1, 0.15) is 0 Å². The first kappa shape index (κ1) is 12.2. The monoisotopic (exact) mass is 245 g/mol. The van der Waals surface area contributed by atoms with Crippen molar-refractivity contribution in [1.82, 2.24) is 4.98 Å². The predicted molar refractivity (Wildman–Crippen MR) is 58.1 cm³/mol. The third-order valence-corrected chi connectivity index (χ3v) is 2.98. The van der Waals surface area contributed by atoms with Gasteiger partial charge in [-0.1, -0.05) is 13.8 Å². The molecular weight excluding hydrogens is 231 g/mol. The lowest BCUT2D eigenvalue weighted by atomic mass is 9.96. The molecular formula is C12H14F3NO. The van der Waals surface area contributed by atoms with Crippen LogP contribution in [-0.4, -0.2) is 4.98 Å². The Morgan fingerprint density at radius 2 is 1.94 bits per heavy atom. The number of halogens is 3. The molecule has 94 valence electrons. The summed E-state index contributed by atoms with van der Waals surface area (Å²) < 4.78 is 39.2. The summed E-state index contributed by atoms with van der Waals surface area (Å²) in [6.45, 7) is 3.30. The van der Waals surface area contributed by atoms with Crippen molar-refractivity contribution in [3.05, 3.63) is 33.2 Å². The van der Waals surface area contributed by atoms with Gasteiger partial charge in [0.05, 0.1) is 5.56 Å². The van der Waals surface area contributed by atoms with E-state index in [1.165, 1.54) is 0 Å². The number of hydrogen-bond acceptors (Lipinski definition) is 1. The van der Waals surface area contributed by atoms with Crippen molar-refractivity contribution in [2.24, 2.45) is 0 Å². The van der Waals surface area contributed by atoms with Crippen LogP contribution >= 0.6 is 0 Å². The third kappa shape index (κ3) is 2.37. The van der Waals surface area contributed by atoms with Crippen molar-refractivity contribution >= 4 is 0 Å². The molecule has 1 fully saturated rings. The van der Waals surface area contributed by atoms with Gasteiger partial charge < -0.3 is 4.98 Å². The lowest BCUT2D eigenvalue weighted by Crippen LogP contribution is -2.21. The molecule has 1 aromatic heterocycles. The van der Waals surface area contributed by atoms with Gasteiger partial charge in [-0.3, -0.25) is 4.79 Å². The average Bonchev–Trinajstić information content (AvgIpc) is 2.96. The van der Waals surface area contributed by atoms with E-state index in [4.69, 9.17) is 0 Å². The lowest BCUT2D eigenvalue weighted by Gasteiger charge is -2.18. The average molecular weight is 245 g/mol. The zero-order chi connectivity index (χ0) is 12.8. The van der Waals surface area contributed by atoms with Crippen LogP contribution < -0.4 is 5.56 Å². The van der Waals surface area contributed by atoms with E-state index in [1.807, 2.05) is 0 Å². The van der Waals surface area contributed by atoms with Crippen molar-refractivity contribution in [1.29, 1.82) is 0 Å². The van der Waals surface area contributed by atoms with Crippen molar-refractivity contribution in [2.75, 3.05) is 0 Å². The number of nitrogens with one attached hydrogen (secondary N) is 1. The molecule has 0 spiro atoms. The van der Waals surface area contributed by atoms with Gasteiger partial charge in [-0.15, -0.1) is 0 Å². The minimum atomic E-state index is -4.40. The molecule has 1 N–H and O–H groups in total. The molecule has 1 aliphatic carbocycles. The second-order valence-electron chi connectivity index (χ2n) is 4.80. The smallest absolute Gasteiger partial charge is 0.325 e. The SMILES string of the molecule is CC(C)c1[nH]c(=O)cc(C2CC2)c1C(F)(F)F. The highest BCUT2D eigenvalue weighted by Gasteiger charge is 2.41. The summed E-state index contributed by atoms with van der Waals surface area (Å²) in [5, 5.41) is 0.